The Bertz CT molecular complexity index is 641. The van der Waals surface area contributed by atoms with Crippen molar-refractivity contribution in [2.24, 2.45) is 0 Å². The maximum absolute atomic E-state index is 12.1. The van der Waals surface area contributed by atoms with E-state index in [1.807, 2.05) is 63.2 Å². The van der Waals surface area contributed by atoms with Crippen molar-refractivity contribution in [1.82, 2.24) is 4.98 Å². The summed E-state index contributed by atoms with van der Waals surface area (Å²) in [5, 5.41) is 0. The van der Waals surface area contributed by atoms with Gasteiger partial charge in [-0.05, 0) is 11.2 Å². The summed E-state index contributed by atoms with van der Waals surface area (Å²) in [4.78, 5) is 16.0. The maximum Gasteiger partial charge on any atom is 2.00 e. The molecule has 0 bridgehead atoms. The minimum absolute atomic E-state index is 0. The van der Waals surface area contributed by atoms with Gasteiger partial charge in [-0.1, -0.05) is 26.3 Å². The Labute approximate surface area is 141 Å². The first-order valence-corrected chi connectivity index (χ1v) is 6.80. The van der Waals surface area contributed by atoms with E-state index in [2.05, 4.69) is 11.4 Å². The molecule has 2 aromatic carbocycles. The third-order valence-corrected chi connectivity index (χ3v) is 2.90. The van der Waals surface area contributed by atoms with Gasteiger partial charge in [0.1, 0.15) is 12.2 Å². The Balaban J connectivity index is 0.000000344. The Morgan fingerprint density at radius 3 is 2.23 bits per heavy atom. The van der Waals surface area contributed by atoms with E-state index in [-0.39, 0.29) is 28.3 Å². The molecule has 0 N–H and O–H groups in total. The number of hydrogen-bond donors (Lipinski definition) is 0. The van der Waals surface area contributed by atoms with E-state index in [0.29, 0.717) is 17.0 Å². The Morgan fingerprint density at radius 1 is 1.18 bits per heavy atom. The summed E-state index contributed by atoms with van der Waals surface area (Å²) in [7, 11) is 0. The quantitative estimate of drug-likeness (QED) is 0.402. The first-order valence-electron chi connectivity index (χ1n) is 6.80. The van der Waals surface area contributed by atoms with Crippen molar-refractivity contribution in [1.29, 1.82) is 0 Å². The number of nitrogens with zero attached hydrogens (tertiary/aromatic N) is 1. The molecule has 0 aliphatic heterocycles. The molecule has 1 heterocycles. The maximum atomic E-state index is 12.1. The number of oxazole rings is 1. The van der Waals surface area contributed by atoms with Crippen LogP contribution < -0.4 is 0 Å². The predicted molar refractivity (Wildman–Crippen MR) is 81.5 cm³/mol. The number of rotatable bonds is 2. The zero-order chi connectivity index (χ0) is 15.3. The summed E-state index contributed by atoms with van der Waals surface area (Å²) in [6.45, 7) is 5.93. The van der Waals surface area contributed by atoms with E-state index in [1.54, 1.807) is 12.1 Å². The van der Waals surface area contributed by atoms with Crippen molar-refractivity contribution >= 4 is 5.78 Å². The van der Waals surface area contributed by atoms with Gasteiger partial charge in [0.2, 0.25) is 0 Å². The van der Waals surface area contributed by atoms with E-state index in [0.717, 1.165) is 0 Å². The van der Waals surface area contributed by atoms with Gasteiger partial charge >= 0.3 is 17.1 Å². The molecule has 3 nitrogen and oxygen atoms in total. The van der Waals surface area contributed by atoms with Crippen LogP contribution in [0.2, 0.25) is 0 Å². The molecule has 0 aliphatic carbocycles. The Morgan fingerprint density at radius 2 is 1.77 bits per heavy atom. The second-order valence-corrected chi connectivity index (χ2v) is 5.70. The van der Waals surface area contributed by atoms with E-state index < -0.39 is 0 Å². The minimum Gasteiger partial charge on any atom is -0.574 e. The van der Waals surface area contributed by atoms with Crippen LogP contribution in [0.4, 0.5) is 0 Å². The molecule has 1 aromatic heterocycles. The molecule has 0 spiro atoms. The average Bonchev–Trinajstić information content (AvgIpc) is 3.18. The summed E-state index contributed by atoms with van der Waals surface area (Å²) in [6, 6.07) is 17.2. The number of carbonyl (C=O) groups is 1. The predicted octanol–water partition coefficient (Wildman–Crippen LogP) is 4.13. The molecule has 116 valence electrons. The topological polar surface area (TPSA) is 43.1 Å². The molecule has 0 radical (unpaired) electrons. The molecular weight excluding hydrogens is 318 g/mol. The van der Waals surface area contributed by atoms with Crippen LogP contribution in [-0.4, -0.2) is 10.8 Å². The van der Waals surface area contributed by atoms with Crippen LogP contribution in [-0.2, 0) is 22.5 Å². The molecular formula is C18H18FeNO2-. The molecule has 0 atom stereocenters. The van der Waals surface area contributed by atoms with Crippen molar-refractivity contribution in [3.8, 4) is 0 Å². The van der Waals surface area contributed by atoms with Crippen molar-refractivity contribution < 1.29 is 26.3 Å². The van der Waals surface area contributed by atoms with Crippen molar-refractivity contribution in [3.05, 3.63) is 78.0 Å². The molecule has 0 unspecified atom stereocenters. The third kappa shape index (κ3) is 4.55. The van der Waals surface area contributed by atoms with Crippen LogP contribution in [0.15, 0.2) is 59.0 Å². The second kappa shape index (κ2) is 7.92. The second-order valence-electron chi connectivity index (χ2n) is 5.70. The van der Waals surface area contributed by atoms with Gasteiger partial charge < -0.3 is 14.2 Å². The van der Waals surface area contributed by atoms with Gasteiger partial charge in [0, 0.05) is 5.69 Å². The monoisotopic (exact) mass is 336 g/mol. The van der Waals surface area contributed by atoms with Gasteiger partial charge in [-0.25, -0.2) is 12.1 Å². The molecule has 0 fully saturated rings. The molecule has 3 rings (SSSR count). The number of carbonyl (C=O) groups excluding carboxylic acids is 1. The van der Waals surface area contributed by atoms with Crippen LogP contribution in [0.5, 0.6) is 0 Å². The SMILES string of the molecule is CC(C)(C)c1o[c-]nc1C(=O)[c-]1cccc1.[Fe+2].c1cc[cH-]c1. The van der Waals surface area contributed by atoms with Crippen LogP contribution in [0, 0.1) is 6.39 Å². The van der Waals surface area contributed by atoms with Crippen molar-refractivity contribution in [2.45, 2.75) is 26.2 Å². The van der Waals surface area contributed by atoms with Crippen LogP contribution in [0.25, 0.3) is 0 Å². The fourth-order valence-corrected chi connectivity index (χ4v) is 1.86. The smallest absolute Gasteiger partial charge is 0.574 e. The number of hydrogen-bond acceptors (Lipinski definition) is 3. The number of ketones is 1. The first-order chi connectivity index (χ1) is 10.00. The summed E-state index contributed by atoms with van der Waals surface area (Å²) in [6.07, 6.45) is 2.40. The summed E-state index contributed by atoms with van der Waals surface area (Å²) in [5.74, 6) is 0.471. The Kier molecular flexibility index (Phi) is 6.54. The minimum atomic E-state index is -0.245. The van der Waals surface area contributed by atoms with Gasteiger partial charge in [0.25, 0.3) is 0 Å². The van der Waals surface area contributed by atoms with Gasteiger partial charge in [0.05, 0.1) is 0 Å². The van der Waals surface area contributed by atoms with Gasteiger partial charge in [0.15, 0.2) is 0 Å². The van der Waals surface area contributed by atoms with Gasteiger partial charge in [-0.15, -0.1) is 12.1 Å². The van der Waals surface area contributed by atoms with Crippen LogP contribution >= 0.6 is 0 Å². The largest absolute Gasteiger partial charge is 2.00 e. The van der Waals surface area contributed by atoms with Crippen molar-refractivity contribution in [3.63, 3.8) is 0 Å². The fraction of sp³-hybridized carbons (Fsp3) is 0.222. The molecule has 22 heavy (non-hydrogen) atoms. The number of aromatic nitrogens is 1. The van der Waals surface area contributed by atoms with Gasteiger partial charge in [-0.2, -0.15) is 30.3 Å². The molecule has 3 aromatic rings. The summed E-state index contributed by atoms with van der Waals surface area (Å²) in [5.41, 5.74) is 0.747. The zero-order valence-electron chi connectivity index (χ0n) is 12.8. The van der Waals surface area contributed by atoms with Crippen molar-refractivity contribution in [2.75, 3.05) is 0 Å². The summed E-state index contributed by atoms with van der Waals surface area (Å²) < 4.78 is 5.19. The average molecular weight is 336 g/mol. The zero-order valence-corrected chi connectivity index (χ0v) is 13.9. The molecule has 0 saturated carbocycles. The standard InChI is InChI=1S/C13H13NO2.C5H5.Fe/c1-13(2,3)12-10(14-8-16-12)11(15)9-6-4-5-7-9;1-2-4-5-3-1;/h4-7H,1-3H3;1-5H;/q-2;-1;+2. The fourth-order valence-electron chi connectivity index (χ4n) is 1.86. The molecule has 0 saturated heterocycles. The normalized spacial score (nSPS) is 10.3. The molecule has 4 heteroatoms. The van der Waals surface area contributed by atoms with E-state index >= 15 is 0 Å². The van der Waals surface area contributed by atoms with E-state index in [9.17, 15) is 4.79 Å². The molecule has 0 amide bonds. The van der Waals surface area contributed by atoms with E-state index in [1.165, 1.54) is 0 Å². The third-order valence-electron chi connectivity index (χ3n) is 2.90. The Hall–Kier alpha value is -1.90. The van der Waals surface area contributed by atoms with Crippen LogP contribution in [0.3, 0.4) is 0 Å². The molecule has 0 aliphatic rings. The van der Waals surface area contributed by atoms with Crippen LogP contribution in [0.1, 0.15) is 42.6 Å². The summed E-state index contributed by atoms with van der Waals surface area (Å²) >= 11 is 0. The first kappa shape index (κ1) is 18.1. The van der Waals surface area contributed by atoms with E-state index in [4.69, 9.17) is 4.42 Å². The van der Waals surface area contributed by atoms with Gasteiger partial charge in [-0.3, -0.25) is 0 Å².